The first-order valence-corrected chi connectivity index (χ1v) is 8.25. The number of aromatic amines is 1. The van der Waals surface area contributed by atoms with Gasteiger partial charge in [0.25, 0.3) is 11.5 Å². The Labute approximate surface area is 143 Å². The lowest BCUT2D eigenvalue weighted by molar-refractivity contribution is 0.0756. The van der Waals surface area contributed by atoms with Gasteiger partial charge >= 0.3 is 0 Å². The van der Waals surface area contributed by atoms with Gasteiger partial charge in [0.1, 0.15) is 0 Å². The van der Waals surface area contributed by atoms with E-state index in [2.05, 4.69) is 15.1 Å². The molecule has 4 heterocycles. The second kappa shape index (κ2) is 5.58. The van der Waals surface area contributed by atoms with Crippen molar-refractivity contribution < 1.29 is 9.21 Å². The van der Waals surface area contributed by atoms with Crippen LogP contribution in [0.15, 0.2) is 21.3 Å². The zero-order valence-electron chi connectivity index (χ0n) is 14.4. The molecule has 1 saturated heterocycles. The number of carbonyl (C=O) groups excluding carboxylic acids is 1. The van der Waals surface area contributed by atoms with E-state index in [0.717, 1.165) is 17.8 Å². The maximum Gasteiger partial charge on any atom is 0.291 e. The molecule has 4 rings (SSSR count). The molecule has 0 aliphatic carbocycles. The number of hydrogen-bond acceptors (Lipinski definition) is 5. The highest BCUT2D eigenvalue weighted by Gasteiger charge is 2.32. The maximum atomic E-state index is 12.6. The fraction of sp³-hybridized carbons (Fsp3) is 0.412. The molecular weight excluding hydrogens is 322 g/mol. The number of aromatic nitrogens is 4. The fourth-order valence-corrected chi connectivity index (χ4v) is 3.40. The molecule has 1 amide bonds. The summed E-state index contributed by atoms with van der Waals surface area (Å²) in [6.45, 7) is 6.50. The average molecular weight is 341 g/mol. The molecule has 0 aromatic carbocycles. The number of aryl methyl sites for hydroxylation is 3. The summed E-state index contributed by atoms with van der Waals surface area (Å²) < 4.78 is 6.86. The molecule has 1 aliphatic heterocycles. The predicted molar refractivity (Wildman–Crippen MR) is 89.8 cm³/mol. The number of likely N-dealkylation sites (tertiary alicyclic amines) is 1. The van der Waals surface area contributed by atoms with Crippen LogP contribution in [0.5, 0.6) is 0 Å². The van der Waals surface area contributed by atoms with Crippen molar-refractivity contribution in [3.63, 3.8) is 0 Å². The Hall–Kier alpha value is -2.90. The van der Waals surface area contributed by atoms with Gasteiger partial charge in [-0.3, -0.25) is 14.7 Å². The number of amides is 1. The third kappa shape index (κ3) is 2.63. The largest absolute Gasteiger partial charge is 0.436 e. The summed E-state index contributed by atoms with van der Waals surface area (Å²) in [6.07, 6.45) is 0.768. The minimum Gasteiger partial charge on any atom is -0.436 e. The van der Waals surface area contributed by atoms with Gasteiger partial charge in [0.15, 0.2) is 11.5 Å². The van der Waals surface area contributed by atoms with E-state index in [1.807, 2.05) is 13.0 Å². The van der Waals surface area contributed by atoms with Crippen molar-refractivity contribution in [1.29, 1.82) is 0 Å². The number of nitrogens with one attached hydrogen (secondary N) is 1. The molecule has 1 aliphatic rings. The highest BCUT2D eigenvalue weighted by Crippen LogP contribution is 2.27. The lowest BCUT2D eigenvalue weighted by atomic mass is 10.0. The van der Waals surface area contributed by atoms with Crippen LogP contribution in [0.25, 0.3) is 5.65 Å². The summed E-state index contributed by atoms with van der Waals surface area (Å²) in [4.78, 5) is 35.4. The van der Waals surface area contributed by atoms with E-state index in [1.165, 1.54) is 4.52 Å². The quantitative estimate of drug-likeness (QED) is 0.763. The zero-order chi connectivity index (χ0) is 17.7. The highest BCUT2D eigenvalue weighted by molar-refractivity contribution is 5.92. The van der Waals surface area contributed by atoms with Crippen LogP contribution in [0.1, 0.15) is 45.9 Å². The minimum absolute atomic E-state index is 0.0428. The molecule has 8 heteroatoms. The highest BCUT2D eigenvalue weighted by atomic mass is 16.4. The molecule has 1 fully saturated rings. The van der Waals surface area contributed by atoms with E-state index in [1.54, 1.807) is 24.8 Å². The zero-order valence-corrected chi connectivity index (χ0v) is 14.4. The van der Waals surface area contributed by atoms with E-state index in [-0.39, 0.29) is 17.4 Å². The average Bonchev–Trinajstić information content (AvgIpc) is 3.24. The summed E-state index contributed by atoms with van der Waals surface area (Å²) in [5.74, 6) is 0.666. The molecule has 8 nitrogen and oxygen atoms in total. The van der Waals surface area contributed by atoms with Gasteiger partial charge in [0.2, 0.25) is 5.76 Å². The number of carbonyl (C=O) groups is 1. The summed E-state index contributed by atoms with van der Waals surface area (Å²) in [5.41, 5.74) is 2.67. The number of rotatable bonds is 2. The normalized spacial score (nSPS) is 17.6. The van der Waals surface area contributed by atoms with E-state index in [0.29, 0.717) is 36.1 Å². The number of nitrogens with zero attached hydrogens (tertiary/aromatic N) is 4. The van der Waals surface area contributed by atoms with Crippen LogP contribution < -0.4 is 5.56 Å². The Balaban J connectivity index is 1.59. The molecule has 0 spiro atoms. The number of oxazole rings is 1. The van der Waals surface area contributed by atoms with Gasteiger partial charge in [-0.2, -0.15) is 0 Å². The molecule has 25 heavy (non-hydrogen) atoms. The SMILES string of the molecule is Cc1cc2nc([C@@H]3CCN(C(=O)c4oc(C)nc4C)C3)cc(=O)n2[nH]1. The van der Waals surface area contributed by atoms with Gasteiger partial charge in [-0.1, -0.05) is 0 Å². The summed E-state index contributed by atoms with van der Waals surface area (Å²) in [5, 5.41) is 2.96. The first kappa shape index (κ1) is 15.6. The van der Waals surface area contributed by atoms with Crippen LogP contribution in [0.4, 0.5) is 0 Å². The lowest BCUT2D eigenvalue weighted by Gasteiger charge is -2.15. The standard InChI is InChI=1S/C17H19N5O3/c1-9-6-14-19-13(7-15(23)22(14)20-9)12-4-5-21(8-12)17(24)16-10(2)18-11(3)25-16/h6-7,12,20H,4-5,8H2,1-3H3/t12-/m1/s1. The molecule has 0 saturated carbocycles. The van der Waals surface area contributed by atoms with Crippen molar-refractivity contribution in [3.8, 4) is 0 Å². The number of hydrogen-bond donors (Lipinski definition) is 1. The van der Waals surface area contributed by atoms with E-state index < -0.39 is 0 Å². The number of fused-ring (bicyclic) bond motifs is 1. The molecule has 3 aromatic rings. The molecule has 0 bridgehead atoms. The van der Waals surface area contributed by atoms with Crippen molar-refractivity contribution in [2.24, 2.45) is 0 Å². The molecule has 1 N–H and O–H groups in total. The third-order valence-corrected chi connectivity index (χ3v) is 4.59. The van der Waals surface area contributed by atoms with Gasteiger partial charge in [0, 0.05) is 43.8 Å². The monoisotopic (exact) mass is 341 g/mol. The van der Waals surface area contributed by atoms with Gasteiger partial charge in [-0.05, 0) is 20.3 Å². The van der Waals surface area contributed by atoms with Crippen LogP contribution in [0.3, 0.4) is 0 Å². The Morgan fingerprint density at radius 3 is 2.80 bits per heavy atom. The predicted octanol–water partition coefficient (Wildman–Crippen LogP) is 1.57. The van der Waals surface area contributed by atoms with E-state index in [9.17, 15) is 9.59 Å². The summed E-state index contributed by atoms with van der Waals surface area (Å²) >= 11 is 0. The smallest absolute Gasteiger partial charge is 0.291 e. The minimum atomic E-state index is -0.157. The van der Waals surface area contributed by atoms with Gasteiger partial charge in [0.05, 0.1) is 11.4 Å². The number of H-pyrrole nitrogens is 1. The third-order valence-electron chi connectivity index (χ3n) is 4.59. The van der Waals surface area contributed by atoms with Gasteiger partial charge < -0.3 is 9.32 Å². The van der Waals surface area contributed by atoms with Crippen LogP contribution in [-0.4, -0.2) is 43.5 Å². The summed E-state index contributed by atoms with van der Waals surface area (Å²) in [7, 11) is 0. The Morgan fingerprint density at radius 1 is 1.28 bits per heavy atom. The Kier molecular flexibility index (Phi) is 3.48. The first-order chi connectivity index (χ1) is 11.9. The fourth-order valence-electron chi connectivity index (χ4n) is 3.40. The van der Waals surface area contributed by atoms with Crippen LogP contribution in [-0.2, 0) is 0 Å². The van der Waals surface area contributed by atoms with Gasteiger partial charge in [-0.25, -0.2) is 14.5 Å². The van der Waals surface area contributed by atoms with Gasteiger partial charge in [-0.15, -0.1) is 0 Å². The lowest BCUT2D eigenvalue weighted by Crippen LogP contribution is -2.29. The second-order valence-corrected chi connectivity index (χ2v) is 6.54. The van der Waals surface area contributed by atoms with Crippen molar-refractivity contribution in [2.45, 2.75) is 33.1 Å². The van der Waals surface area contributed by atoms with Crippen molar-refractivity contribution >= 4 is 11.6 Å². The molecular formula is C17H19N5O3. The molecule has 0 radical (unpaired) electrons. The van der Waals surface area contributed by atoms with Crippen LogP contribution >= 0.6 is 0 Å². The van der Waals surface area contributed by atoms with E-state index >= 15 is 0 Å². The maximum absolute atomic E-state index is 12.6. The Morgan fingerprint density at radius 2 is 2.08 bits per heavy atom. The summed E-state index contributed by atoms with van der Waals surface area (Å²) in [6, 6.07) is 3.38. The topological polar surface area (TPSA) is 96.5 Å². The van der Waals surface area contributed by atoms with Crippen molar-refractivity contribution in [1.82, 2.24) is 24.5 Å². The van der Waals surface area contributed by atoms with E-state index in [4.69, 9.17) is 4.42 Å². The second-order valence-electron chi connectivity index (χ2n) is 6.54. The Bertz CT molecular complexity index is 1030. The first-order valence-electron chi connectivity index (χ1n) is 8.25. The molecule has 0 unspecified atom stereocenters. The molecule has 1 atom stereocenters. The van der Waals surface area contributed by atoms with Crippen molar-refractivity contribution in [2.75, 3.05) is 13.1 Å². The van der Waals surface area contributed by atoms with Crippen molar-refractivity contribution in [3.05, 3.63) is 51.2 Å². The molecule has 3 aromatic heterocycles. The molecule has 130 valence electrons. The van der Waals surface area contributed by atoms with Crippen LogP contribution in [0, 0.1) is 20.8 Å². The van der Waals surface area contributed by atoms with Crippen LogP contribution in [0.2, 0.25) is 0 Å².